The van der Waals surface area contributed by atoms with Gasteiger partial charge in [-0.25, -0.2) is 8.78 Å². The first-order valence-corrected chi connectivity index (χ1v) is 6.34. The van der Waals surface area contributed by atoms with Crippen molar-refractivity contribution in [1.29, 1.82) is 0 Å². The zero-order valence-corrected chi connectivity index (χ0v) is 11.3. The summed E-state index contributed by atoms with van der Waals surface area (Å²) in [5, 5.41) is 7.28. The summed E-state index contributed by atoms with van der Waals surface area (Å²) in [6.45, 7) is 2.10. The largest absolute Gasteiger partial charge is 0.383 e. The second kappa shape index (κ2) is 7.12. The van der Waals surface area contributed by atoms with Gasteiger partial charge in [-0.2, -0.15) is 5.10 Å². The number of halogens is 2. The van der Waals surface area contributed by atoms with E-state index in [1.807, 2.05) is 0 Å². The van der Waals surface area contributed by atoms with Crippen LogP contribution >= 0.6 is 0 Å². The summed E-state index contributed by atoms with van der Waals surface area (Å²) in [6, 6.07) is 3.84. The number of nitrogens with zero attached hydrogens (tertiary/aromatic N) is 2. The van der Waals surface area contributed by atoms with Crippen molar-refractivity contribution < 1.29 is 13.5 Å². The molecule has 1 heterocycles. The van der Waals surface area contributed by atoms with Gasteiger partial charge in [0.1, 0.15) is 11.6 Å². The molecular formula is C14H17F2N3O. The predicted octanol–water partition coefficient (Wildman–Crippen LogP) is 1.95. The summed E-state index contributed by atoms with van der Waals surface area (Å²) >= 11 is 0. The Kier molecular flexibility index (Phi) is 5.20. The Bertz CT molecular complexity index is 537. The van der Waals surface area contributed by atoms with E-state index < -0.39 is 11.6 Å². The van der Waals surface area contributed by atoms with Crippen LogP contribution in [-0.4, -0.2) is 30.0 Å². The van der Waals surface area contributed by atoms with E-state index in [-0.39, 0.29) is 12.1 Å². The van der Waals surface area contributed by atoms with E-state index in [4.69, 9.17) is 4.74 Å². The van der Waals surface area contributed by atoms with Crippen molar-refractivity contribution in [3.63, 3.8) is 0 Å². The highest BCUT2D eigenvalue weighted by Gasteiger charge is 2.09. The average molecular weight is 281 g/mol. The maximum absolute atomic E-state index is 13.5. The number of benzene rings is 1. The molecular weight excluding hydrogens is 264 g/mol. The summed E-state index contributed by atoms with van der Waals surface area (Å²) in [4.78, 5) is 0. The van der Waals surface area contributed by atoms with Gasteiger partial charge >= 0.3 is 0 Å². The van der Waals surface area contributed by atoms with Crippen LogP contribution in [0.25, 0.3) is 0 Å². The maximum atomic E-state index is 13.5. The van der Waals surface area contributed by atoms with Gasteiger partial charge in [0.15, 0.2) is 0 Å². The lowest BCUT2D eigenvalue weighted by Gasteiger charge is -2.05. The van der Waals surface area contributed by atoms with Crippen LogP contribution in [0, 0.1) is 11.6 Å². The SMILES string of the molecule is COCCNCc1cnn(Cc2c(F)cccc2F)c1. The summed E-state index contributed by atoms with van der Waals surface area (Å²) in [5.74, 6) is -1.11. The van der Waals surface area contributed by atoms with E-state index in [9.17, 15) is 8.78 Å². The summed E-state index contributed by atoms with van der Waals surface area (Å²) in [5.41, 5.74) is 0.979. The van der Waals surface area contributed by atoms with Crippen molar-refractivity contribution in [3.8, 4) is 0 Å². The standard InChI is InChI=1S/C14H17F2N3O/c1-20-6-5-17-7-11-8-18-19(9-11)10-12-13(15)3-2-4-14(12)16/h2-4,8-9,17H,5-7,10H2,1H3. The van der Waals surface area contributed by atoms with Crippen molar-refractivity contribution in [2.75, 3.05) is 20.3 Å². The van der Waals surface area contributed by atoms with Gasteiger partial charge in [0, 0.05) is 37.5 Å². The molecule has 2 aromatic rings. The topological polar surface area (TPSA) is 39.1 Å². The second-order valence-electron chi connectivity index (χ2n) is 4.42. The van der Waals surface area contributed by atoms with E-state index >= 15 is 0 Å². The highest BCUT2D eigenvalue weighted by atomic mass is 19.1. The number of methoxy groups -OCH3 is 1. The molecule has 108 valence electrons. The molecule has 0 unspecified atom stereocenters. The molecule has 0 radical (unpaired) electrons. The van der Waals surface area contributed by atoms with E-state index in [1.54, 1.807) is 19.5 Å². The molecule has 1 aromatic heterocycles. The molecule has 4 nitrogen and oxygen atoms in total. The minimum Gasteiger partial charge on any atom is -0.383 e. The third-order valence-corrected chi connectivity index (χ3v) is 2.88. The van der Waals surface area contributed by atoms with Crippen LogP contribution in [0.1, 0.15) is 11.1 Å². The quantitative estimate of drug-likeness (QED) is 0.788. The molecule has 0 fully saturated rings. The fourth-order valence-corrected chi connectivity index (χ4v) is 1.84. The highest BCUT2D eigenvalue weighted by Crippen LogP contribution is 2.13. The molecule has 0 saturated heterocycles. The van der Waals surface area contributed by atoms with Crippen molar-refractivity contribution in [1.82, 2.24) is 15.1 Å². The molecule has 0 aliphatic rings. The van der Waals surface area contributed by atoms with E-state index in [0.29, 0.717) is 13.2 Å². The van der Waals surface area contributed by atoms with Gasteiger partial charge in [0.05, 0.1) is 19.3 Å². The summed E-state index contributed by atoms with van der Waals surface area (Å²) < 4.78 is 33.5. The minimum absolute atomic E-state index is 0.0227. The lowest BCUT2D eigenvalue weighted by molar-refractivity contribution is 0.199. The Labute approximate surface area is 116 Å². The first kappa shape index (κ1) is 14.6. The summed E-state index contributed by atoms with van der Waals surface area (Å²) in [6.07, 6.45) is 3.45. The molecule has 0 spiro atoms. The van der Waals surface area contributed by atoms with Crippen LogP contribution in [0.3, 0.4) is 0 Å². The van der Waals surface area contributed by atoms with Gasteiger partial charge in [0.2, 0.25) is 0 Å². The van der Waals surface area contributed by atoms with Crippen molar-refractivity contribution >= 4 is 0 Å². The van der Waals surface area contributed by atoms with Gasteiger partial charge in [-0.05, 0) is 12.1 Å². The van der Waals surface area contributed by atoms with Gasteiger partial charge in [-0.3, -0.25) is 4.68 Å². The molecule has 0 aliphatic carbocycles. The molecule has 1 N–H and O–H groups in total. The molecule has 2 rings (SSSR count). The van der Waals surface area contributed by atoms with Crippen LogP contribution in [0.2, 0.25) is 0 Å². The predicted molar refractivity (Wildman–Crippen MR) is 71.3 cm³/mol. The van der Waals surface area contributed by atoms with Crippen molar-refractivity contribution in [3.05, 3.63) is 53.4 Å². The summed E-state index contributed by atoms with van der Waals surface area (Å²) in [7, 11) is 1.64. The lowest BCUT2D eigenvalue weighted by Crippen LogP contribution is -2.18. The molecule has 1 aromatic carbocycles. The Hall–Kier alpha value is -1.79. The van der Waals surface area contributed by atoms with E-state index in [1.165, 1.54) is 22.9 Å². The molecule has 6 heteroatoms. The number of hydrogen-bond acceptors (Lipinski definition) is 3. The second-order valence-corrected chi connectivity index (χ2v) is 4.42. The number of rotatable bonds is 7. The molecule has 0 saturated carbocycles. The zero-order chi connectivity index (χ0) is 14.4. The number of aromatic nitrogens is 2. The molecule has 20 heavy (non-hydrogen) atoms. The minimum atomic E-state index is -0.555. The van der Waals surface area contributed by atoms with Gasteiger partial charge in [-0.15, -0.1) is 0 Å². The third kappa shape index (κ3) is 3.85. The Morgan fingerprint density at radius 3 is 2.75 bits per heavy atom. The lowest BCUT2D eigenvalue weighted by atomic mass is 10.2. The van der Waals surface area contributed by atoms with Gasteiger partial charge in [-0.1, -0.05) is 6.07 Å². The average Bonchev–Trinajstić information content (AvgIpc) is 2.87. The maximum Gasteiger partial charge on any atom is 0.131 e. The van der Waals surface area contributed by atoms with Crippen LogP contribution in [0.4, 0.5) is 8.78 Å². The number of hydrogen-bond donors (Lipinski definition) is 1. The van der Waals surface area contributed by atoms with Gasteiger partial charge < -0.3 is 10.1 Å². The van der Waals surface area contributed by atoms with Crippen molar-refractivity contribution in [2.24, 2.45) is 0 Å². The van der Waals surface area contributed by atoms with Crippen LogP contribution in [0.5, 0.6) is 0 Å². The number of nitrogens with one attached hydrogen (secondary N) is 1. The first-order valence-electron chi connectivity index (χ1n) is 6.34. The Morgan fingerprint density at radius 2 is 2.05 bits per heavy atom. The Balaban J connectivity index is 1.96. The smallest absolute Gasteiger partial charge is 0.131 e. The van der Waals surface area contributed by atoms with Crippen LogP contribution in [0.15, 0.2) is 30.6 Å². The van der Waals surface area contributed by atoms with Crippen LogP contribution < -0.4 is 5.32 Å². The van der Waals surface area contributed by atoms with E-state index in [0.717, 1.165) is 12.1 Å². The van der Waals surface area contributed by atoms with Crippen molar-refractivity contribution in [2.45, 2.75) is 13.1 Å². The highest BCUT2D eigenvalue weighted by molar-refractivity contribution is 5.20. The fraction of sp³-hybridized carbons (Fsp3) is 0.357. The van der Waals surface area contributed by atoms with Gasteiger partial charge in [0.25, 0.3) is 0 Å². The number of ether oxygens (including phenoxy) is 1. The van der Waals surface area contributed by atoms with E-state index in [2.05, 4.69) is 10.4 Å². The molecule has 0 atom stereocenters. The molecule has 0 aliphatic heterocycles. The third-order valence-electron chi connectivity index (χ3n) is 2.88. The monoisotopic (exact) mass is 281 g/mol. The normalized spacial score (nSPS) is 10.9. The molecule has 0 bridgehead atoms. The first-order chi connectivity index (χ1) is 9.70. The van der Waals surface area contributed by atoms with Crippen LogP contribution in [-0.2, 0) is 17.8 Å². The Morgan fingerprint density at radius 1 is 1.30 bits per heavy atom. The fourth-order valence-electron chi connectivity index (χ4n) is 1.84. The molecule has 0 amide bonds. The zero-order valence-electron chi connectivity index (χ0n) is 11.3.